The van der Waals surface area contributed by atoms with Crippen LogP contribution >= 0.6 is 0 Å². The standard InChI is InChI=1S/C38H42N4O5/c1-46-33-17-12-29(13-18-33)38(30-14-19-34(47-2)20-15-30)41-35(43)24-40-36(44)26-42(32-16-11-28-9-6-10-31(28)23-32)37(45)25-39-22-21-27-7-4-3-5-8-27/h3-5,7-8,11-20,23,38-39H,6,9-10,21-22,24-26H2,1-2H3,(H,40,44)(H,41,43). The zero-order valence-electron chi connectivity index (χ0n) is 27.0. The molecule has 3 amide bonds. The molecule has 9 heteroatoms. The number of anilines is 1. The van der Waals surface area contributed by atoms with Gasteiger partial charge in [0, 0.05) is 5.69 Å². The van der Waals surface area contributed by atoms with Crippen molar-refractivity contribution in [1.29, 1.82) is 0 Å². The van der Waals surface area contributed by atoms with Crippen LogP contribution in [0.1, 0.15) is 40.3 Å². The second-order valence-corrected chi connectivity index (χ2v) is 11.5. The second-order valence-electron chi connectivity index (χ2n) is 11.5. The van der Waals surface area contributed by atoms with Crippen LogP contribution in [-0.4, -0.2) is 58.1 Å². The summed E-state index contributed by atoms with van der Waals surface area (Å²) in [5, 5.41) is 8.98. The average molecular weight is 635 g/mol. The van der Waals surface area contributed by atoms with Gasteiger partial charge in [-0.05, 0) is 96.4 Å². The molecule has 0 aromatic heterocycles. The number of ether oxygens (including phenoxy) is 2. The van der Waals surface area contributed by atoms with Gasteiger partial charge in [0.1, 0.15) is 18.0 Å². The van der Waals surface area contributed by atoms with Crippen LogP contribution in [0.2, 0.25) is 0 Å². The first-order valence-electron chi connectivity index (χ1n) is 15.9. The Morgan fingerprint density at radius 1 is 0.745 bits per heavy atom. The molecule has 0 spiro atoms. The Morgan fingerprint density at radius 3 is 2.02 bits per heavy atom. The summed E-state index contributed by atoms with van der Waals surface area (Å²) >= 11 is 0. The van der Waals surface area contributed by atoms with Crippen molar-refractivity contribution in [3.8, 4) is 11.5 Å². The summed E-state index contributed by atoms with van der Waals surface area (Å²) in [7, 11) is 3.20. The Bertz CT molecular complexity index is 1590. The van der Waals surface area contributed by atoms with Gasteiger partial charge in [0.05, 0.1) is 33.4 Å². The van der Waals surface area contributed by atoms with Crippen LogP contribution in [0.25, 0.3) is 0 Å². The third kappa shape index (κ3) is 9.20. The summed E-state index contributed by atoms with van der Waals surface area (Å²) in [5.74, 6) is 0.399. The highest BCUT2D eigenvalue weighted by Crippen LogP contribution is 2.28. The van der Waals surface area contributed by atoms with E-state index >= 15 is 0 Å². The molecule has 4 aromatic carbocycles. The molecule has 4 aromatic rings. The predicted octanol–water partition coefficient (Wildman–Crippen LogP) is 4.38. The van der Waals surface area contributed by atoms with Crippen molar-refractivity contribution in [2.45, 2.75) is 31.7 Å². The van der Waals surface area contributed by atoms with Crippen molar-refractivity contribution in [3.05, 3.63) is 125 Å². The number of hydrogen-bond acceptors (Lipinski definition) is 6. The van der Waals surface area contributed by atoms with Gasteiger partial charge in [-0.3, -0.25) is 14.4 Å². The molecule has 9 nitrogen and oxygen atoms in total. The molecule has 0 heterocycles. The number of carbonyl (C=O) groups excluding carboxylic acids is 3. The van der Waals surface area contributed by atoms with Crippen molar-refractivity contribution >= 4 is 23.4 Å². The van der Waals surface area contributed by atoms with E-state index in [2.05, 4.69) is 28.1 Å². The van der Waals surface area contributed by atoms with Gasteiger partial charge in [0.15, 0.2) is 0 Å². The summed E-state index contributed by atoms with van der Waals surface area (Å²) in [6.07, 6.45) is 3.85. The minimum atomic E-state index is -0.470. The van der Waals surface area contributed by atoms with Crippen LogP contribution in [-0.2, 0) is 33.6 Å². The lowest BCUT2D eigenvalue weighted by Gasteiger charge is -2.24. The smallest absolute Gasteiger partial charge is 0.241 e. The summed E-state index contributed by atoms with van der Waals surface area (Å²) in [6, 6.07) is 30.5. The number of nitrogens with one attached hydrogen (secondary N) is 3. The Labute approximate surface area is 276 Å². The van der Waals surface area contributed by atoms with Gasteiger partial charge in [0.25, 0.3) is 0 Å². The number of hydrogen-bond donors (Lipinski definition) is 3. The van der Waals surface area contributed by atoms with E-state index in [1.807, 2.05) is 84.9 Å². The number of aryl methyl sites for hydroxylation is 2. The molecule has 0 saturated carbocycles. The lowest BCUT2D eigenvalue weighted by atomic mass is 9.98. The molecule has 47 heavy (non-hydrogen) atoms. The number of rotatable bonds is 15. The first kappa shape index (κ1) is 33.2. The van der Waals surface area contributed by atoms with E-state index in [1.165, 1.54) is 21.6 Å². The van der Waals surface area contributed by atoms with E-state index < -0.39 is 11.9 Å². The van der Waals surface area contributed by atoms with Gasteiger partial charge in [-0.2, -0.15) is 0 Å². The maximum absolute atomic E-state index is 13.5. The molecule has 3 N–H and O–H groups in total. The molecule has 0 saturated heterocycles. The highest BCUT2D eigenvalue weighted by atomic mass is 16.5. The number of amides is 3. The molecular formula is C38H42N4O5. The fourth-order valence-electron chi connectivity index (χ4n) is 5.76. The van der Waals surface area contributed by atoms with Gasteiger partial charge in [-0.1, -0.05) is 60.7 Å². The number of methoxy groups -OCH3 is 2. The molecule has 1 aliphatic rings. The molecule has 0 atom stereocenters. The van der Waals surface area contributed by atoms with E-state index in [9.17, 15) is 14.4 Å². The van der Waals surface area contributed by atoms with E-state index in [0.717, 1.165) is 36.8 Å². The molecular weight excluding hydrogens is 592 g/mol. The van der Waals surface area contributed by atoms with Crippen LogP contribution in [0.5, 0.6) is 11.5 Å². The summed E-state index contributed by atoms with van der Waals surface area (Å²) in [6.45, 7) is 0.266. The van der Waals surface area contributed by atoms with Crippen molar-refractivity contribution in [1.82, 2.24) is 16.0 Å². The quantitative estimate of drug-likeness (QED) is 0.168. The van der Waals surface area contributed by atoms with Gasteiger partial charge in [0.2, 0.25) is 17.7 Å². The van der Waals surface area contributed by atoms with Gasteiger partial charge >= 0.3 is 0 Å². The number of carbonyl (C=O) groups is 3. The van der Waals surface area contributed by atoms with Crippen molar-refractivity contribution in [3.63, 3.8) is 0 Å². The number of benzene rings is 4. The number of nitrogens with zero attached hydrogens (tertiary/aromatic N) is 1. The molecule has 0 fully saturated rings. The Morgan fingerprint density at radius 2 is 1.38 bits per heavy atom. The average Bonchev–Trinajstić information content (AvgIpc) is 3.59. The minimum Gasteiger partial charge on any atom is -0.497 e. The Kier molecular flexibility index (Phi) is 11.6. The van der Waals surface area contributed by atoms with Crippen LogP contribution in [0.4, 0.5) is 5.69 Å². The highest BCUT2D eigenvalue weighted by molar-refractivity contribution is 6.00. The lowest BCUT2D eigenvalue weighted by molar-refractivity contribution is -0.126. The van der Waals surface area contributed by atoms with Crippen LogP contribution in [0.3, 0.4) is 0 Å². The van der Waals surface area contributed by atoms with E-state index in [0.29, 0.717) is 23.7 Å². The van der Waals surface area contributed by atoms with E-state index in [1.54, 1.807) is 14.2 Å². The third-order valence-corrected chi connectivity index (χ3v) is 8.36. The topological polar surface area (TPSA) is 109 Å². The third-order valence-electron chi connectivity index (χ3n) is 8.36. The zero-order valence-corrected chi connectivity index (χ0v) is 27.0. The molecule has 0 radical (unpaired) electrons. The van der Waals surface area contributed by atoms with Gasteiger partial charge in [-0.25, -0.2) is 0 Å². The lowest BCUT2D eigenvalue weighted by Crippen LogP contribution is -2.47. The maximum Gasteiger partial charge on any atom is 0.241 e. The summed E-state index contributed by atoms with van der Waals surface area (Å²) in [5.41, 5.74) is 6.06. The van der Waals surface area contributed by atoms with E-state index in [4.69, 9.17) is 9.47 Å². The summed E-state index contributed by atoms with van der Waals surface area (Å²) in [4.78, 5) is 41.4. The molecule has 0 bridgehead atoms. The van der Waals surface area contributed by atoms with Crippen LogP contribution in [0, 0.1) is 0 Å². The monoisotopic (exact) mass is 634 g/mol. The first-order valence-corrected chi connectivity index (χ1v) is 15.9. The molecule has 0 unspecified atom stereocenters. The SMILES string of the molecule is COc1ccc(C(NC(=O)CNC(=O)CN(C(=O)CNCCc2ccccc2)c2ccc3c(c2)CCC3)c2ccc(OC)cc2)cc1. The molecule has 5 rings (SSSR count). The Balaban J connectivity index is 1.22. The molecule has 0 aliphatic heterocycles. The molecule has 244 valence electrons. The predicted molar refractivity (Wildman–Crippen MR) is 183 cm³/mol. The minimum absolute atomic E-state index is 0.0864. The first-order chi connectivity index (χ1) is 22.9. The van der Waals surface area contributed by atoms with Gasteiger partial charge in [-0.15, -0.1) is 0 Å². The number of fused-ring (bicyclic) bond motifs is 1. The van der Waals surface area contributed by atoms with Crippen molar-refractivity contribution < 1.29 is 23.9 Å². The normalized spacial score (nSPS) is 11.9. The fraction of sp³-hybridized carbons (Fsp3) is 0.289. The van der Waals surface area contributed by atoms with Gasteiger partial charge < -0.3 is 30.3 Å². The maximum atomic E-state index is 13.5. The molecule has 1 aliphatic carbocycles. The van der Waals surface area contributed by atoms with Crippen molar-refractivity contribution in [2.75, 3.05) is 45.3 Å². The van der Waals surface area contributed by atoms with E-state index in [-0.39, 0.29) is 31.4 Å². The van der Waals surface area contributed by atoms with Crippen LogP contribution < -0.4 is 30.3 Å². The second kappa shape index (κ2) is 16.4. The Hall–Kier alpha value is -5.15. The largest absolute Gasteiger partial charge is 0.497 e. The zero-order chi connectivity index (χ0) is 33.0. The van der Waals surface area contributed by atoms with Crippen LogP contribution in [0.15, 0.2) is 97.1 Å². The summed E-state index contributed by atoms with van der Waals surface area (Å²) < 4.78 is 10.6. The highest BCUT2D eigenvalue weighted by Gasteiger charge is 2.23. The fourth-order valence-corrected chi connectivity index (χ4v) is 5.76. The van der Waals surface area contributed by atoms with Crippen molar-refractivity contribution in [2.24, 2.45) is 0 Å².